The molecule has 1 aliphatic rings. The summed E-state index contributed by atoms with van der Waals surface area (Å²) in [5.74, 6) is 0. The normalized spacial score (nSPS) is 30.8. The lowest BCUT2D eigenvalue weighted by Gasteiger charge is -2.20. The van der Waals surface area contributed by atoms with Gasteiger partial charge >= 0.3 is 0 Å². The summed E-state index contributed by atoms with van der Waals surface area (Å²) < 4.78 is 0. The van der Waals surface area contributed by atoms with Crippen molar-refractivity contribution in [1.82, 2.24) is 0 Å². The van der Waals surface area contributed by atoms with Crippen molar-refractivity contribution in [3.8, 4) is 0 Å². The van der Waals surface area contributed by atoms with Gasteiger partial charge in [-0.1, -0.05) is 55.7 Å². The Morgan fingerprint density at radius 1 is 1.00 bits per heavy atom. The lowest BCUT2D eigenvalue weighted by molar-refractivity contribution is 0.413. The van der Waals surface area contributed by atoms with E-state index in [-0.39, 0.29) is 0 Å². The SMILES string of the molecule is C/C1=C/C/C=C(/C)CCCCC(C)(C)/C=C\C1. The third-order valence-electron chi connectivity index (χ3n) is 3.58. The van der Waals surface area contributed by atoms with Crippen LogP contribution in [0.4, 0.5) is 0 Å². The topological polar surface area (TPSA) is 0 Å². The quantitative estimate of drug-likeness (QED) is 0.462. The molecule has 0 radical (unpaired) electrons. The van der Waals surface area contributed by atoms with Crippen LogP contribution >= 0.6 is 0 Å². The van der Waals surface area contributed by atoms with E-state index in [0.717, 1.165) is 12.8 Å². The molecule has 0 fully saturated rings. The molecule has 17 heavy (non-hydrogen) atoms. The molecular weight excluding hydrogens is 204 g/mol. The Hall–Kier alpha value is -0.780. The van der Waals surface area contributed by atoms with Gasteiger partial charge in [0.25, 0.3) is 0 Å². The summed E-state index contributed by atoms with van der Waals surface area (Å²) in [6.07, 6.45) is 17.0. The number of hydrogen-bond acceptors (Lipinski definition) is 0. The predicted octanol–water partition coefficient (Wildman–Crippen LogP) is 5.82. The van der Waals surface area contributed by atoms with Gasteiger partial charge in [0.15, 0.2) is 0 Å². The maximum Gasteiger partial charge on any atom is -0.0141 e. The summed E-state index contributed by atoms with van der Waals surface area (Å²) in [7, 11) is 0. The van der Waals surface area contributed by atoms with Crippen LogP contribution in [0.2, 0.25) is 0 Å². The van der Waals surface area contributed by atoms with Gasteiger partial charge < -0.3 is 0 Å². The van der Waals surface area contributed by atoms with Crippen molar-refractivity contribution < 1.29 is 0 Å². The molecule has 1 rings (SSSR count). The molecule has 0 spiro atoms. The van der Waals surface area contributed by atoms with E-state index in [2.05, 4.69) is 52.0 Å². The standard InChI is InChI=1S/C17H28/c1-15-9-5-6-13-17(3,4)14-8-12-16(2)11-7-10-15/h8,10-11,14H,5-7,9,12-13H2,1-4H3/b14-8-,15-10-,16-11-. The minimum atomic E-state index is 0.367. The van der Waals surface area contributed by atoms with Gasteiger partial charge in [-0.15, -0.1) is 0 Å². The van der Waals surface area contributed by atoms with Crippen LogP contribution in [0.25, 0.3) is 0 Å². The number of rotatable bonds is 0. The Morgan fingerprint density at radius 3 is 2.47 bits per heavy atom. The van der Waals surface area contributed by atoms with E-state index >= 15 is 0 Å². The van der Waals surface area contributed by atoms with Crippen LogP contribution in [0.1, 0.15) is 66.2 Å². The van der Waals surface area contributed by atoms with E-state index in [1.165, 1.54) is 31.3 Å². The Kier molecular flexibility index (Phi) is 5.74. The first-order valence-electron chi connectivity index (χ1n) is 6.98. The van der Waals surface area contributed by atoms with Crippen molar-refractivity contribution in [2.24, 2.45) is 5.41 Å². The van der Waals surface area contributed by atoms with E-state index in [0.29, 0.717) is 5.41 Å². The van der Waals surface area contributed by atoms with Crippen LogP contribution in [-0.4, -0.2) is 0 Å². The monoisotopic (exact) mass is 232 g/mol. The van der Waals surface area contributed by atoms with Crippen LogP contribution in [-0.2, 0) is 0 Å². The maximum absolute atomic E-state index is 2.41. The van der Waals surface area contributed by atoms with Crippen LogP contribution in [0.3, 0.4) is 0 Å². The molecule has 0 N–H and O–H groups in total. The molecule has 0 unspecified atom stereocenters. The summed E-state index contributed by atoms with van der Waals surface area (Å²) in [5.41, 5.74) is 3.41. The molecule has 96 valence electrons. The van der Waals surface area contributed by atoms with Crippen LogP contribution in [0.15, 0.2) is 35.5 Å². The fourth-order valence-corrected chi connectivity index (χ4v) is 2.28. The van der Waals surface area contributed by atoms with E-state index < -0.39 is 0 Å². The van der Waals surface area contributed by atoms with E-state index in [4.69, 9.17) is 0 Å². The van der Waals surface area contributed by atoms with Crippen molar-refractivity contribution in [3.63, 3.8) is 0 Å². The highest BCUT2D eigenvalue weighted by atomic mass is 14.2. The molecule has 0 aromatic rings. The van der Waals surface area contributed by atoms with Crippen molar-refractivity contribution in [2.75, 3.05) is 0 Å². The summed E-state index contributed by atoms with van der Waals surface area (Å²) in [5, 5.41) is 0. The van der Waals surface area contributed by atoms with Gasteiger partial charge in [0.05, 0.1) is 0 Å². The molecule has 0 heterocycles. The maximum atomic E-state index is 2.41. The molecule has 0 heteroatoms. The minimum Gasteiger partial charge on any atom is -0.0839 e. The number of hydrogen-bond donors (Lipinski definition) is 0. The highest BCUT2D eigenvalue weighted by Gasteiger charge is 2.12. The molecule has 0 saturated carbocycles. The second kappa shape index (κ2) is 6.83. The Morgan fingerprint density at radius 2 is 1.71 bits per heavy atom. The Bertz CT molecular complexity index is 313. The highest BCUT2D eigenvalue weighted by molar-refractivity contribution is 5.10. The third kappa shape index (κ3) is 6.51. The van der Waals surface area contributed by atoms with Crippen molar-refractivity contribution in [2.45, 2.75) is 66.2 Å². The van der Waals surface area contributed by atoms with Gasteiger partial charge in [-0.2, -0.15) is 0 Å². The molecule has 1 aliphatic carbocycles. The van der Waals surface area contributed by atoms with Crippen molar-refractivity contribution in [1.29, 1.82) is 0 Å². The molecule has 0 aliphatic heterocycles. The second-order valence-corrected chi connectivity index (χ2v) is 6.14. The fourth-order valence-electron chi connectivity index (χ4n) is 2.28. The first kappa shape index (κ1) is 14.3. The Labute approximate surface area is 108 Å². The minimum absolute atomic E-state index is 0.367. The summed E-state index contributed by atoms with van der Waals surface area (Å²) >= 11 is 0. The van der Waals surface area contributed by atoms with E-state index in [1.807, 2.05) is 0 Å². The van der Waals surface area contributed by atoms with Gasteiger partial charge in [0, 0.05) is 0 Å². The molecule has 0 nitrogen and oxygen atoms in total. The lowest BCUT2D eigenvalue weighted by Crippen LogP contribution is -2.06. The van der Waals surface area contributed by atoms with Crippen molar-refractivity contribution in [3.05, 3.63) is 35.5 Å². The lowest BCUT2D eigenvalue weighted by atomic mass is 9.86. The summed E-state index contributed by atoms with van der Waals surface area (Å²) in [6.45, 7) is 9.21. The molecule has 0 atom stereocenters. The molecular formula is C17H28. The van der Waals surface area contributed by atoms with Crippen LogP contribution < -0.4 is 0 Å². The fraction of sp³-hybridized carbons (Fsp3) is 0.647. The first-order chi connectivity index (χ1) is 7.99. The van der Waals surface area contributed by atoms with Gasteiger partial charge in [-0.25, -0.2) is 0 Å². The largest absolute Gasteiger partial charge is 0.0839 e. The van der Waals surface area contributed by atoms with Crippen LogP contribution in [0.5, 0.6) is 0 Å². The summed E-state index contributed by atoms with van der Waals surface area (Å²) in [4.78, 5) is 0. The average Bonchev–Trinajstić information content (AvgIpc) is 2.24. The number of allylic oxidation sites excluding steroid dienone is 6. The van der Waals surface area contributed by atoms with Gasteiger partial charge in [-0.05, 0) is 51.4 Å². The Balaban J connectivity index is 2.69. The van der Waals surface area contributed by atoms with Crippen LogP contribution in [0, 0.1) is 5.41 Å². The van der Waals surface area contributed by atoms with E-state index in [1.54, 1.807) is 5.57 Å². The zero-order valence-electron chi connectivity index (χ0n) is 12.1. The molecule has 0 aromatic heterocycles. The van der Waals surface area contributed by atoms with E-state index in [9.17, 15) is 0 Å². The third-order valence-corrected chi connectivity index (χ3v) is 3.58. The molecule has 0 saturated heterocycles. The van der Waals surface area contributed by atoms with Gasteiger partial charge in [-0.3, -0.25) is 0 Å². The predicted molar refractivity (Wildman–Crippen MR) is 78.1 cm³/mol. The van der Waals surface area contributed by atoms with Crippen molar-refractivity contribution >= 4 is 0 Å². The zero-order valence-corrected chi connectivity index (χ0v) is 12.1. The zero-order chi connectivity index (χ0) is 12.7. The summed E-state index contributed by atoms with van der Waals surface area (Å²) in [6, 6.07) is 0. The smallest absolute Gasteiger partial charge is 0.0141 e. The average molecular weight is 232 g/mol. The highest BCUT2D eigenvalue weighted by Crippen LogP contribution is 2.26. The first-order valence-corrected chi connectivity index (χ1v) is 6.98. The molecule has 0 amide bonds. The van der Waals surface area contributed by atoms with Gasteiger partial charge in [0.1, 0.15) is 0 Å². The second-order valence-electron chi connectivity index (χ2n) is 6.14. The van der Waals surface area contributed by atoms with Gasteiger partial charge in [0.2, 0.25) is 0 Å². The molecule has 0 bridgehead atoms. The molecule has 0 aromatic carbocycles.